The van der Waals surface area contributed by atoms with Crippen LogP contribution in [0.25, 0.3) is 0 Å². The largest absolute Gasteiger partial charge is 0.248 e. The van der Waals surface area contributed by atoms with Crippen LogP contribution in [0.1, 0.15) is 80.9 Å². The van der Waals surface area contributed by atoms with Crippen molar-refractivity contribution in [2.75, 3.05) is 0 Å². The summed E-state index contributed by atoms with van der Waals surface area (Å²) in [4.78, 5) is 3.35. The smallest absolute Gasteiger partial charge is 0.224 e. The van der Waals surface area contributed by atoms with Crippen LogP contribution in [0, 0.1) is 29.5 Å². The second kappa shape index (κ2) is 9.65. The maximum Gasteiger partial charge on any atom is 0.248 e. The molecule has 0 atom stereocenters. The van der Waals surface area contributed by atoms with Gasteiger partial charge in [0.05, 0.1) is 0 Å². The van der Waals surface area contributed by atoms with Gasteiger partial charge in [0.2, 0.25) is 5.95 Å². The maximum atomic E-state index is 13.2. The molecule has 1 heterocycles. The van der Waals surface area contributed by atoms with Gasteiger partial charge in [-0.3, -0.25) is 0 Å². The summed E-state index contributed by atoms with van der Waals surface area (Å²) in [6.45, 7) is 2.26. The van der Waals surface area contributed by atoms with Gasteiger partial charge < -0.3 is 0 Å². The summed E-state index contributed by atoms with van der Waals surface area (Å²) >= 11 is 0. The molecule has 1 saturated carbocycles. The van der Waals surface area contributed by atoms with Gasteiger partial charge in [0.15, 0.2) is 5.82 Å². The molecule has 1 aliphatic carbocycles. The first-order valence-corrected chi connectivity index (χ1v) is 10.1. The van der Waals surface area contributed by atoms with E-state index in [2.05, 4.69) is 35.9 Å². The van der Waals surface area contributed by atoms with Gasteiger partial charge in [0, 0.05) is 17.3 Å². The number of nitrogens with zero attached hydrogens (tertiary/aromatic N) is 1. The van der Waals surface area contributed by atoms with E-state index in [1.54, 1.807) is 0 Å². The third-order valence-electron chi connectivity index (χ3n) is 5.59. The molecular weight excluding hydrogens is 340 g/mol. The number of hydrogen-bond acceptors (Lipinski definition) is 1. The van der Waals surface area contributed by atoms with E-state index < -0.39 is 11.8 Å². The Morgan fingerprint density at radius 1 is 0.963 bits per heavy atom. The number of hydrogen-bond donors (Lipinski definition) is 0. The molecular formula is C24H27F2N. The molecule has 0 spiro atoms. The lowest BCUT2D eigenvalue weighted by molar-refractivity contribution is 0.303. The van der Waals surface area contributed by atoms with Crippen molar-refractivity contribution in [3.05, 3.63) is 65.0 Å². The van der Waals surface area contributed by atoms with E-state index in [9.17, 15) is 8.78 Å². The van der Waals surface area contributed by atoms with Crippen LogP contribution in [-0.2, 0) is 0 Å². The van der Waals surface area contributed by atoms with E-state index in [1.165, 1.54) is 63.1 Å². The van der Waals surface area contributed by atoms with Crippen LogP contribution in [0.3, 0.4) is 0 Å². The van der Waals surface area contributed by atoms with E-state index in [4.69, 9.17) is 0 Å². The minimum atomic E-state index is -1.09. The Bertz CT molecular complexity index is 793. The molecule has 0 N–H and O–H groups in total. The SMILES string of the molecule is CCCCC[C@H]1CC[C@H](c2ccc(C#Cc3cnc(F)c(F)c3)cc2)CC1. The van der Waals surface area contributed by atoms with Gasteiger partial charge in [0.25, 0.3) is 0 Å². The minimum Gasteiger partial charge on any atom is -0.224 e. The standard InChI is InChI=1S/C24H27F2N/c1-2-3-4-5-18-8-12-21(13-9-18)22-14-10-19(11-15-22)6-7-20-16-23(25)24(26)27-17-20/h10-11,14-18,21H,2-5,8-9,12-13H2,1H3/t18-,21-. The van der Waals surface area contributed by atoms with Crippen molar-refractivity contribution in [1.29, 1.82) is 0 Å². The summed E-state index contributed by atoms with van der Waals surface area (Å²) in [6, 6.07) is 9.43. The molecule has 3 rings (SSSR count). The van der Waals surface area contributed by atoms with Gasteiger partial charge in [-0.25, -0.2) is 9.37 Å². The predicted octanol–water partition coefficient (Wildman–Crippen LogP) is 6.61. The van der Waals surface area contributed by atoms with E-state index in [0.29, 0.717) is 11.5 Å². The van der Waals surface area contributed by atoms with E-state index >= 15 is 0 Å². The first kappa shape index (κ1) is 19.5. The molecule has 2 aromatic rings. The molecule has 1 fully saturated rings. The van der Waals surface area contributed by atoms with Crippen LogP contribution in [0.2, 0.25) is 0 Å². The maximum absolute atomic E-state index is 13.2. The summed E-state index contributed by atoms with van der Waals surface area (Å²) < 4.78 is 26.0. The van der Waals surface area contributed by atoms with Crippen LogP contribution in [0.4, 0.5) is 8.78 Å². The van der Waals surface area contributed by atoms with Crippen molar-refractivity contribution in [2.24, 2.45) is 5.92 Å². The van der Waals surface area contributed by atoms with Crippen molar-refractivity contribution in [3.63, 3.8) is 0 Å². The van der Waals surface area contributed by atoms with Gasteiger partial charge in [0.1, 0.15) is 0 Å². The second-order valence-corrected chi connectivity index (χ2v) is 7.58. The lowest BCUT2D eigenvalue weighted by Crippen LogP contribution is -2.13. The molecule has 0 radical (unpaired) electrons. The second-order valence-electron chi connectivity index (χ2n) is 7.58. The Morgan fingerprint density at radius 2 is 1.67 bits per heavy atom. The normalized spacial score (nSPS) is 19.4. The fourth-order valence-electron chi connectivity index (χ4n) is 3.94. The highest BCUT2D eigenvalue weighted by atomic mass is 19.2. The molecule has 0 amide bonds. The summed E-state index contributed by atoms with van der Waals surface area (Å²) in [7, 11) is 0. The molecule has 1 aromatic heterocycles. The molecule has 1 aliphatic rings. The van der Waals surface area contributed by atoms with Crippen LogP contribution in [0.15, 0.2) is 36.5 Å². The first-order chi connectivity index (χ1) is 13.2. The third kappa shape index (κ3) is 5.63. The van der Waals surface area contributed by atoms with E-state index in [-0.39, 0.29) is 0 Å². The Labute approximate surface area is 161 Å². The van der Waals surface area contributed by atoms with Crippen molar-refractivity contribution >= 4 is 0 Å². The molecule has 0 bridgehead atoms. The number of halogens is 2. The molecule has 0 saturated heterocycles. The average Bonchev–Trinajstić information content (AvgIpc) is 2.70. The van der Waals surface area contributed by atoms with Gasteiger partial charge in [-0.1, -0.05) is 56.6 Å². The summed E-state index contributed by atoms with van der Waals surface area (Å²) in [5.41, 5.74) is 2.64. The molecule has 3 heteroatoms. The molecule has 0 unspecified atom stereocenters. The van der Waals surface area contributed by atoms with Crippen LogP contribution in [0.5, 0.6) is 0 Å². The van der Waals surface area contributed by atoms with Crippen molar-refractivity contribution in [3.8, 4) is 11.8 Å². The molecule has 27 heavy (non-hydrogen) atoms. The Hall–Kier alpha value is -2.21. The lowest BCUT2D eigenvalue weighted by atomic mass is 9.77. The van der Waals surface area contributed by atoms with E-state index in [1.807, 2.05) is 12.1 Å². The van der Waals surface area contributed by atoms with Gasteiger partial charge in [-0.15, -0.1) is 0 Å². The number of rotatable bonds is 5. The van der Waals surface area contributed by atoms with E-state index in [0.717, 1.165) is 17.5 Å². The molecule has 1 aromatic carbocycles. The molecule has 0 aliphatic heterocycles. The van der Waals surface area contributed by atoms with Crippen molar-refractivity contribution in [1.82, 2.24) is 4.98 Å². The highest BCUT2D eigenvalue weighted by molar-refractivity contribution is 5.43. The quantitative estimate of drug-likeness (QED) is 0.329. The van der Waals surface area contributed by atoms with Crippen LogP contribution < -0.4 is 0 Å². The molecule has 1 nitrogen and oxygen atoms in total. The zero-order valence-corrected chi connectivity index (χ0v) is 16.0. The number of aromatic nitrogens is 1. The van der Waals surface area contributed by atoms with Gasteiger partial charge in [-0.2, -0.15) is 4.39 Å². The Morgan fingerprint density at radius 3 is 2.33 bits per heavy atom. The zero-order chi connectivity index (χ0) is 19.1. The summed E-state index contributed by atoms with van der Waals surface area (Å²) in [5, 5.41) is 0. The molecule has 142 valence electrons. The highest BCUT2D eigenvalue weighted by Gasteiger charge is 2.21. The summed E-state index contributed by atoms with van der Waals surface area (Å²) in [6.07, 6.45) is 11.9. The predicted molar refractivity (Wildman–Crippen MR) is 105 cm³/mol. The third-order valence-corrected chi connectivity index (χ3v) is 5.59. The van der Waals surface area contributed by atoms with Crippen molar-refractivity contribution < 1.29 is 8.78 Å². The average molecular weight is 367 g/mol. The Balaban J connectivity index is 1.55. The van der Waals surface area contributed by atoms with Gasteiger partial charge in [-0.05, 0) is 61.3 Å². The lowest BCUT2D eigenvalue weighted by Gasteiger charge is -2.29. The van der Waals surface area contributed by atoms with Crippen LogP contribution >= 0.6 is 0 Å². The number of pyridine rings is 1. The fraction of sp³-hybridized carbons (Fsp3) is 0.458. The summed E-state index contributed by atoms with van der Waals surface area (Å²) in [5.74, 6) is 5.35. The highest BCUT2D eigenvalue weighted by Crippen LogP contribution is 2.37. The minimum absolute atomic E-state index is 0.374. The number of benzene rings is 1. The fourth-order valence-corrected chi connectivity index (χ4v) is 3.94. The zero-order valence-electron chi connectivity index (χ0n) is 16.0. The van der Waals surface area contributed by atoms with Crippen LogP contribution in [-0.4, -0.2) is 4.98 Å². The van der Waals surface area contributed by atoms with Crippen molar-refractivity contribution in [2.45, 2.75) is 64.2 Å². The first-order valence-electron chi connectivity index (χ1n) is 10.1. The number of unbranched alkanes of at least 4 members (excludes halogenated alkanes) is 2. The van der Waals surface area contributed by atoms with Gasteiger partial charge >= 0.3 is 0 Å². The monoisotopic (exact) mass is 367 g/mol. The Kier molecular flexibility index (Phi) is 6.98. The topological polar surface area (TPSA) is 12.9 Å².